The van der Waals surface area contributed by atoms with Crippen LogP contribution >= 0.6 is 11.3 Å². The highest BCUT2D eigenvalue weighted by molar-refractivity contribution is 7.13. The summed E-state index contributed by atoms with van der Waals surface area (Å²) in [5.41, 5.74) is 9.71. The van der Waals surface area contributed by atoms with Gasteiger partial charge < -0.3 is 39.4 Å². The van der Waals surface area contributed by atoms with E-state index in [2.05, 4.69) is 36.7 Å². The molecule has 1 fully saturated rings. The quantitative estimate of drug-likeness (QED) is 0.0710. The second-order valence-corrected chi connectivity index (χ2v) is 19.3. The average molecular weight is 933 g/mol. The van der Waals surface area contributed by atoms with E-state index in [1.54, 1.807) is 46.8 Å². The molecule has 14 nitrogen and oxygen atoms in total. The number of hydrogen-bond acceptors (Lipinski definition) is 11. The number of amides is 3. The fourth-order valence-electron chi connectivity index (χ4n) is 8.65. The molecule has 3 N–H and O–H groups in total. The average Bonchev–Trinajstić information content (AvgIpc) is 4.12. The normalized spacial score (nSPS) is 15.9. The zero-order chi connectivity index (χ0) is 48.0. The molecule has 7 rings (SSSR count). The number of aromatic nitrogens is 4. The maximum Gasteiger partial charge on any atom is 0.246 e. The zero-order valence-electron chi connectivity index (χ0n) is 39.5. The zero-order valence-corrected chi connectivity index (χ0v) is 40.3. The van der Waals surface area contributed by atoms with Gasteiger partial charge in [-0.3, -0.25) is 14.4 Å². The number of carbonyl (C=O) groups excluding carboxylic acids is 3. The summed E-state index contributed by atoms with van der Waals surface area (Å²) >= 11 is 1.57. The van der Waals surface area contributed by atoms with Crippen LogP contribution in [0.5, 0.6) is 0 Å². The Hall–Kier alpha value is -6.23. The molecule has 4 heterocycles. The van der Waals surface area contributed by atoms with Crippen LogP contribution in [0.4, 0.5) is 15.8 Å². The number of halogens is 1. The van der Waals surface area contributed by atoms with Crippen molar-refractivity contribution in [3.05, 3.63) is 119 Å². The van der Waals surface area contributed by atoms with Gasteiger partial charge in [0.1, 0.15) is 30.3 Å². The van der Waals surface area contributed by atoms with Crippen molar-refractivity contribution in [1.29, 1.82) is 0 Å². The van der Waals surface area contributed by atoms with Gasteiger partial charge in [0.05, 0.1) is 45.9 Å². The number of likely N-dealkylation sites (tertiary alicyclic amines) is 1. The predicted molar refractivity (Wildman–Crippen MR) is 258 cm³/mol. The van der Waals surface area contributed by atoms with E-state index < -0.39 is 35.4 Å². The first-order chi connectivity index (χ1) is 32.0. The van der Waals surface area contributed by atoms with Crippen molar-refractivity contribution in [3.63, 3.8) is 0 Å². The van der Waals surface area contributed by atoms with E-state index >= 15 is 4.39 Å². The lowest BCUT2D eigenvalue weighted by Crippen LogP contribution is -2.58. The molecule has 16 heteroatoms. The molecule has 0 bridgehead atoms. The topological polar surface area (TPSA) is 168 Å². The van der Waals surface area contributed by atoms with Gasteiger partial charge in [-0.05, 0) is 106 Å². The molecule has 0 radical (unpaired) electrons. The molecule has 4 atom stereocenters. The predicted octanol–water partition coefficient (Wildman–Crippen LogP) is 8.72. The van der Waals surface area contributed by atoms with Gasteiger partial charge in [0.25, 0.3) is 0 Å². The van der Waals surface area contributed by atoms with Crippen molar-refractivity contribution in [2.45, 2.75) is 105 Å². The Bertz CT molecular complexity index is 2640. The van der Waals surface area contributed by atoms with E-state index in [9.17, 15) is 19.5 Å². The highest BCUT2D eigenvalue weighted by Gasteiger charge is 2.44. The summed E-state index contributed by atoms with van der Waals surface area (Å²) in [7, 11) is 0. The number of thiazole rings is 1. The van der Waals surface area contributed by atoms with Crippen molar-refractivity contribution in [2.75, 3.05) is 31.2 Å². The summed E-state index contributed by atoms with van der Waals surface area (Å²) in [6, 6.07) is 17.1. The number of benzene rings is 3. The molecule has 1 aliphatic heterocycles. The van der Waals surface area contributed by atoms with Crippen LogP contribution in [0.25, 0.3) is 27.3 Å². The van der Waals surface area contributed by atoms with Crippen LogP contribution in [0.15, 0.2) is 89.4 Å². The maximum atomic E-state index is 15.7. The Balaban J connectivity index is 0.932. The first-order valence-electron chi connectivity index (χ1n) is 22.8. The number of aliphatic hydroxyl groups is 1. The van der Waals surface area contributed by atoms with Gasteiger partial charge in [0, 0.05) is 55.4 Å². The highest BCUT2D eigenvalue weighted by Crippen LogP contribution is 2.37. The third kappa shape index (κ3) is 11.5. The largest absolute Gasteiger partial charge is 0.391 e. The van der Waals surface area contributed by atoms with Crippen molar-refractivity contribution in [3.8, 4) is 27.3 Å². The van der Waals surface area contributed by atoms with E-state index in [4.69, 9.17) is 9.26 Å². The smallest absolute Gasteiger partial charge is 0.246 e. The number of nitrogens with one attached hydrogen (secondary N) is 2. The summed E-state index contributed by atoms with van der Waals surface area (Å²) in [5, 5.41) is 20.8. The highest BCUT2D eigenvalue weighted by atomic mass is 32.1. The lowest BCUT2D eigenvalue weighted by molar-refractivity contribution is -0.144. The fourth-order valence-corrected chi connectivity index (χ4v) is 9.46. The summed E-state index contributed by atoms with van der Waals surface area (Å²) in [6.45, 7) is 15.8. The number of unbranched alkanes of at least 4 members (excludes halogenated alkanes) is 2. The number of nitrogens with zero attached hydrogens (tertiary/aromatic N) is 6. The van der Waals surface area contributed by atoms with Crippen molar-refractivity contribution in [1.82, 2.24) is 35.2 Å². The van der Waals surface area contributed by atoms with Crippen molar-refractivity contribution >= 4 is 40.4 Å². The molecule has 3 aromatic heterocycles. The molecule has 0 saturated carbocycles. The van der Waals surface area contributed by atoms with Crippen molar-refractivity contribution in [2.24, 2.45) is 5.41 Å². The Morgan fingerprint density at radius 1 is 0.985 bits per heavy atom. The maximum absolute atomic E-state index is 15.7. The SMILES string of the molecule is Cc1ccc(-c2c(C)noc2C)cc1N(CCCCCOCC(=O)N[C@H](C(=O)N1C[C@H](O)C[C@H]1C(=O)N[C@@H](C)c1ccc(-c2scnc2C)cc1)C(C)(C)C)c1ccc(-n2ccnc2)c(F)c1. The molecule has 354 valence electrons. The monoisotopic (exact) mass is 932 g/mol. The molecule has 1 saturated heterocycles. The molecule has 1 aliphatic rings. The number of aliphatic hydroxyl groups excluding tert-OH is 1. The molecule has 3 aromatic carbocycles. The van der Waals surface area contributed by atoms with E-state index in [0.717, 1.165) is 68.4 Å². The number of rotatable bonds is 18. The summed E-state index contributed by atoms with van der Waals surface area (Å²) in [5.74, 6) is -0.934. The van der Waals surface area contributed by atoms with E-state index in [1.165, 1.54) is 4.90 Å². The molecular weight excluding hydrogens is 872 g/mol. The van der Waals surface area contributed by atoms with Gasteiger partial charge in [-0.1, -0.05) is 62.3 Å². The van der Waals surface area contributed by atoms with Gasteiger partial charge in [-0.15, -0.1) is 11.3 Å². The van der Waals surface area contributed by atoms with Gasteiger partial charge in [0.15, 0.2) is 0 Å². The molecule has 0 unspecified atom stereocenters. The van der Waals surface area contributed by atoms with Gasteiger partial charge in [-0.2, -0.15) is 0 Å². The number of β-amino-alcohol motifs (C(OH)–C–C–N with tert-alkyl or cyclic N) is 1. The number of ether oxygens (including phenoxy) is 1. The first kappa shape index (κ1) is 48.7. The first-order valence-corrected chi connectivity index (χ1v) is 23.6. The number of aryl methyl sites for hydroxylation is 4. The van der Waals surface area contributed by atoms with Crippen LogP contribution in [0.1, 0.15) is 87.7 Å². The summed E-state index contributed by atoms with van der Waals surface area (Å²) in [4.78, 5) is 54.2. The van der Waals surface area contributed by atoms with Crippen LogP contribution in [0.3, 0.4) is 0 Å². The molecule has 0 aliphatic carbocycles. The summed E-state index contributed by atoms with van der Waals surface area (Å²) < 4.78 is 28.6. The second-order valence-electron chi connectivity index (χ2n) is 18.5. The third-order valence-electron chi connectivity index (χ3n) is 12.3. The van der Waals surface area contributed by atoms with Crippen LogP contribution in [-0.2, 0) is 19.1 Å². The number of hydrogen-bond donors (Lipinski definition) is 3. The number of carbonyl (C=O) groups is 3. The van der Waals surface area contributed by atoms with Gasteiger partial charge in [-0.25, -0.2) is 14.4 Å². The third-order valence-corrected chi connectivity index (χ3v) is 13.3. The van der Waals surface area contributed by atoms with Crippen molar-refractivity contribution < 1.29 is 33.1 Å². The van der Waals surface area contributed by atoms with E-state index in [1.807, 2.05) is 103 Å². The molecule has 67 heavy (non-hydrogen) atoms. The van der Waals surface area contributed by atoms with Gasteiger partial charge >= 0.3 is 0 Å². The second kappa shape index (κ2) is 21.2. The molecule has 3 amide bonds. The molecule has 0 spiro atoms. The summed E-state index contributed by atoms with van der Waals surface area (Å²) in [6.07, 6.45) is 6.23. The van der Waals surface area contributed by atoms with Crippen LogP contribution < -0.4 is 15.5 Å². The van der Waals surface area contributed by atoms with E-state index in [0.29, 0.717) is 30.9 Å². The van der Waals surface area contributed by atoms with E-state index in [-0.39, 0.29) is 37.3 Å². The molecular formula is C51H61FN8O6S. The standard InChI is InChI=1S/C51H61FN8O6S/c1-31-12-13-38(46-33(3)57-66-35(46)5)24-43(31)59(39-18-19-42(41(52)25-39)58-22-20-53-29-58)21-10-9-11-23-65-28-45(62)56-48(51(6,7)8)50(64)60-27-40(61)26-44(60)49(63)55-32(2)36-14-16-37(17-15-36)47-34(4)54-30-67-47/h12-20,22,24-25,29-30,32,40,44,48,61H,9-11,21,23,26-28H2,1-8H3,(H,55,63)(H,56,62)/t32-,40+,44-,48+/m0/s1. The molecule has 6 aromatic rings. The Morgan fingerprint density at radius 2 is 1.75 bits per heavy atom. The number of imidazole rings is 1. The van der Waals surface area contributed by atoms with Crippen LogP contribution in [0.2, 0.25) is 0 Å². The lowest BCUT2D eigenvalue weighted by Gasteiger charge is -2.35. The fraction of sp³-hybridized carbons (Fsp3) is 0.412. The Morgan fingerprint density at radius 3 is 2.40 bits per heavy atom. The van der Waals surface area contributed by atoms with Crippen LogP contribution in [-0.4, -0.2) is 91.9 Å². The Kier molecular flexibility index (Phi) is 15.4. The minimum Gasteiger partial charge on any atom is -0.391 e. The minimum atomic E-state index is -0.978. The lowest BCUT2D eigenvalue weighted by atomic mass is 9.85. The minimum absolute atomic E-state index is 0.0252. The number of anilines is 2. The Labute approximate surface area is 395 Å². The van der Waals surface area contributed by atoms with Gasteiger partial charge in [0.2, 0.25) is 17.7 Å². The van der Waals surface area contributed by atoms with Crippen LogP contribution in [0, 0.1) is 38.9 Å².